The fourth-order valence-corrected chi connectivity index (χ4v) is 1.58. The van der Waals surface area contributed by atoms with Crippen LogP contribution in [-0.4, -0.2) is 22.1 Å². The lowest BCUT2D eigenvalue weighted by Crippen LogP contribution is -2.43. The minimum absolute atomic E-state index is 0.00843. The molecular formula is C10H14FN3O. The molecule has 1 aromatic heterocycles. The highest BCUT2D eigenvalue weighted by Gasteiger charge is 2.29. The van der Waals surface area contributed by atoms with Crippen LogP contribution in [0.4, 0.5) is 4.39 Å². The normalized spacial score (nSPS) is 24.7. The summed E-state index contributed by atoms with van der Waals surface area (Å²) in [6.45, 7) is 1.84. The zero-order valence-corrected chi connectivity index (χ0v) is 8.61. The summed E-state index contributed by atoms with van der Waals surface area (Å²) in [6, 6.07) is 0.186. The summed E-state index contributed by atoms with van der Waals surface area (Å²) in [5.74, 6) is -0.390. The van der Waals surface area contributed by atoms with Gasteiger partial charge in [-0.05, 0) is 19.3 Å². The van der Waals surface area contributed by atoms with Crippen molar-refractivity contribution in [2.24, 2.45) is 5.73 Å². The van der Waals surface area contributed by atoms with Crippen LogP contribution in [0.3, 0.4) is 0 Å². The number of aryl methyl sites for hydroxylation is 1. The van der Waals surface area contributed by atoms with Gasteiger partial charge in [0.15, 0.2) is 0 Å². The summed E-state index contributed by atoms with van der Waals surface area (Å²) in [5.41, 5.74) is 6.00. The van der Waals surface area contributed by atoms with Crippen LogP contribution in [0.25, 0.3) is 0 Å². The molecule has 0 saturated heterocycles. The third-order valence-corrected chi connectivity index (χ3v) is 2.57. The van der Waals surface area contributed by atoms with Crippen LogP contribution in [0.2, 0.25) is 0 Å². The highest BCUT2D eigenvalue weighted by molar-refractivity contribution is 5.17. The maximum absolute atomic E-state index is 13.6. The van der Waals surface area contributed by atoms with E-state index in [-0.39, 0.29) is 18.0 Å². The van der Waals surface area contributed by atoms with E-state index in [0.29, 0.717) is 12.1 Å². The van der Waals surface area contributed by atoms with Crippen LogP contribution in [-0.2, 0) is 6.42 Å². The Balaban J connectivity index is 2.07. The summed E-state index contributed by atoms with van der Waals surface area (Å²) in [4.78, 5) is 7.62. The number of halogens is 1. The first kappa shape index (κ1) is 10.3. The molecular weight excluding hydrogens is 197 g/mol. The average molecular weight is 211 g/mol. The number of aromatic nitrogens is 2. The third-order valence-electron chi connectivity index (χ3n) is 2.57. The SMILES string of the molecule is CCc1ncnc(OC2CC(N)C2)c1F. The predicted octanol–water partition coefficient (Wildman–Crippen LogP) is 1.05. The summed E-state index contributed by atoms with van der Waals surface area (Å²) in [6.07, 6.45) is 3.41. The van der Waals surface area contributed by atoms with Crippen molar-refractivity contribution >= 4 is 0 Å². The molecule has 1 heterocycles. The lowest BCUT2D eigenvalue weighted by atomic mass is 9.90. The maximum Gasteiger partial charge on any atom is 0.254 e. The van der Waals surface area contributed by atoms with Gasteiger partial charge in [-0.15, -0.1) is 0 Å². The fraction of sp³-hybridized carbons (Fsp3) is 0.600. The smallest absolute Gasteiger partial charge is 0.254 e. The molecule has 1 aliphatic carbocycles. The number of nitrogens with zero attached hydrogens (tertiary/aromatic N) is 2. The second kappa shape index (κ2) is 4.10. The molecule has 15 heavy (non-hydrogen) atoms. The Morgan fingerprint density at radius 2 is 2.27 bits per heavy atom. The molecule has 0 amide bonds. The van der Waals surface area contributed by atoms with E-state index in [2.05, 4.69) is 9.97 Å². The molecule has 1 saturated carbocycles. The van der Waals surface area contributed by atoms with E-state index in [1.165, 1.54) is 6.33 Å². The molecule has 0 unspecified atom stereocenters. The van der Waals surface area contributed by atoms with E-state index in [1.807, 2.05) is 6.92 Å². The first-order valence-electron chi connectivity index (χ1n) is 5.12. The summed E-state index contributed by atoms with van der Waals surface area (Å²) in [5, 5.41) is 0. The number of ether oxygens (including phenoxy) is 1. The van der Waals surface area contributed by atoms with E-state index in [1.54, 1.807) is 0 Å². The lowest BCUT2D eigenvalue weighted by Gasteiger charge is -2.32. The molecule has 4 nitrogen and oxygen atoms in total. The van der Waals surface area contributed by atoms with E-state index in [9.17, 15) is 4.39 Å². The van der Waals surface area contributed by atoms with Crippen molar-refractivity contribution in [2.75, 3.05) is 0 Å². The van der Waals surface area contributed by atoms with Gasteiger partial charge in [-0.3, -0.25) is 0 Å². The van der Waals surface area contributed by atoms with Crippen LogP contribution in [0.5, 0.6) is 5.88 Å². The summed E-state index contributed by atoms with van der Waals surface area (Å²) < 4.78 is 19.0. The largest absolute Gasteiger partial charge is 0.472 e. The van der Waals surface area contributed by atoms with Crippen molar-refractivity contribution in [1.82, 2.24) is 9.97 Å². The Hall–Kier alpha value is -1.23. The van der Waals surface area contributed by atoms with Crippen molar-refractivity contribution in [1.29, 1.82) is 0 Å². The van der Waals surface area contributed by atoms with Gasteiger partial charge in [0.2, 0.25) is 5.82 Å². The van der Waals surface area contributed by atoms with Gasteiger partial charge in [-0.2, -0.15) is 9.37 Å². The van der Waals surface area contributed by atoms with E-state index >= 15 is 0 Å². The lowest BCUT2D eigenvalue weighted by molar-refractivity contribution is 0.0903. The molecule has 0 radical (unpaired) electrons. The van der Waals surface area contributed by atoms with Gasteiger partial charge < -0.3 is 10.5 Å². The molecule has 0 aliphatic heterocycles. The van der Waals surface area contributed by atoms with Gasteiger partial charge >= 0.3 is 0 Å². The molecule has 82 valence electrons. The van der Waals surface area contributed by atoms with Gasteiger partial charge in [0.1, 0.15) is 12.4 Å². The Morgan fingerprint density at radius 3 is 2.87 bits per heavy atom. The van der Waals surface area contributed by atoms with Crippen LogP contribution in [0, 0.1) is 5.82 Å². The highest BCUT2D eigenvalue weighted by Crippen LogP contribution is 2.25. The second-order valence-corrected chi connectivity index (χ2v) is 3.76. The van der Waals surface area contributed by atoms with Crippen LogP contribution in [0.15, 0.2) is 6.33 Å². The van der Waals surface area contributed by atoms with Crippen LogP contribution in [0.1, 0.15) is 25.5 Å². The van der Waals surface area contributed by atoms with Crippen LogP contribution >= 0.6 is 0 Å². The molecule has 0 bridgehead atoms. The van der Waals surface area contributed by atoms with Gasteiger partial charge in [-0.25, -0.2) is 4.98 Å². The van der Waals surface area contributed by atoms with E-state index < -0.39 is 5.82 Å². The molecule has 0 atom stereocenters. The molecule has 0 aromatic carbocycles. The van der Waals surface area contributed by atoms with Crippen LogP contribution < -0.4 is 10.5 Å². The van der Waals surface area contributed by atoms with Crippen molar-refractivity contribution in [3.8, 4) is 5.88 Å². The molecule has 0 spiro atoms. The molecule has 1 aliphatic rings. The van der Waals surface area contributed by atoms with Gasteiger partial charge in [-0.1, -0.05) is 6.92 Å². The second-order valence-electron chi connectivity index (χ2n) is 3.76. The molecule has 1 aromatic rings. The Morgan fingerprint density at radius 1 is 1.53 bits per heavy atom. The summed E-state index contributed by atoms with van der Waals surface area (Å²) >= 11 is 0. The summed E-state index contributed by atoms with van der Waals surface area (Å²) in [7, 11) is 0. The first-order valence-corrected chi connectivity index (χ1v) is 5.12. The fourth-order valence-electron chi connectivity index (χ4n) is 1.58. The number of rotatable bonds is 3. The van der Waals surface area contributed by atoms with E-state index in [4.69, 9.17) is 10.5 Å². The minimum Gasteiger partial charge on any atom is -0.472 e. The van der Waals surface area contributed by atoms with Gasteiger partial charge in [0, 0.05) is 6.04 Å². The molecule has 2 rings (SSSR count). The van der Waals surface area contributed by atoms with E-state index in [0.717, 1.165) is 12.8 Å². The zero-order valence-electron chi connectivity index (χ0n) is 8.61. The quantitative estimate of drug-likeness (QED) is 0.811. The molecule has 1 fully saturated rings. The van der Waals surface area contributed by atoms with Crippen molar-refractivity contribution in [3.05, 3.63) is 17.8 Å². The average Bonchev–Trinajstić information content (AvgIpc) is 2.18. The van der Waals surface area contributed by atoms with Gasteiger partial charge in [0.25, 0.3) is 5.88 Å². The topological polar surface area (TPSA) is 61.0 Å². The monoisotopic (exact) mass is 211 g/mol. The number of hydrogen-bond donors (Lipinski definition) is 1. The Kier molecular flexibility index (Phi) is 2.81. The predicted molar refractivity (Wildman–Crippen MR) is 53.0 cm³/mol. The standard InChI is InChI=1S/C10H14FN3O/c1-2-8-9(11)10(14-5-13-8)15-7-3-6(12)4-7/h5-7H,2-4,12H2,1H3. The van der Waals surface area contributed by atoms with Crippen molar-refractivity contribution < 1.29 is 9.13 Å². The Bertz CT molecular complexity index is 353. The maximum atomic E-state index is 13.6. The minimum atomic E-state index is -0.444. The first-order chi connectivity index (χ1) is 7.20. The zero-order chi connectivity index (χ0) is 10.8. The van der Waals surface area contributed by atoms with Gasteiger partial charge in [0.05, 0.1) is 5.69 Å². The van der Waals surface area contributed by atoms with Crippen molar-refractivity contribution in [3.63, 3.8) is 0 Å². The van der Waals surface area contributed by atoms with Crippen molar-refractivity contribution in [2.45, 2.75) is 38.3 Å². The highest BCUT2D eigenvalue weighted by atomic mass is 19.1. The molecule has 5 heteroatoms. The molecule has 2 N–H and O–H groups in total. The number of nitrogens with two attached hydrogens (primary N) is 1. The number of hydrogen-bond acceptors (Lipinski definition) is 4. The third kappa shape index (κ3) is 2.07. The Labute approximate surface area is 87.7 Å².